The molecule has 190 valence electrons. The Morgan fingerprint density at radius 3 is 2.43 bits per heavy atom. The van der Waals surface area contributed by atoms with Crippen LogP contribution in [0.5, 0.6) is 11.5 Å². The predicted octanol–water partition coefficient (Wildman–Crippen LogP) is 5.94. The molecule has 1 heterocycles. The number of hydrogen-bond donors (Lipinski definition) is 1. The Bertz CT molecular complexity index is 1330. The SMILES string of the molecule is CCOC(=O)c1c(NC(=O)C(C#N)=Cc2ccc(OCc3ccc(OC)cc3)cc2)sc2c1CCCC2. The Hall–Kier alpha value is -4.09. The fourth-order valence-corrected chi connectivity index (χ4v) is 5.38. The highest BCUT2D eigenvalue weighted by atomic mass is 32.1. The lowest BCUT2D eigenvalue weighted by atomic mass is 9.95. The van der Waals surface area contributed by atoms with Crippen LogP contribution >= 0.6 is 11.3 Å². The number of carbonyl (C=O) groups is 2. The van der Waals surface area contributed by atoms with Crippen molar-refractivity contribution in [1.82, 2.24) is 0 Å². The summed E-state index contributed by atoms with van der Waals surface area (Å²) in [5.41, 5.74) is 3.00. The number of methoxy groups -OCH3 is 1. The summed E-state index contributed by atoms with van der Waals surface area (Å²) < 4.78 is 16.2. The molecule has 8 heteroatoms. The van der Waals surface area contributed by atoms with E-state index >= 15 is 0 Å². The number of aryl methyl sites for hydroxylation is 1. The highest BCUT2D eigenvalue weighted by Crippen LogP contribution is 2.38. The third kappa shape index (κ3) is 6.38. The van der Waals surface area contributed by atoms with Crippen molar-refractivity contribution >= 4 is 34.3 Å². The molecule has 0 bridgehead atoms. The molecule has 4 rings (SSSR count). The molecule has 0 fully saturated rings. The summed E-state index contributed by atoms with van der Waals surface area (Å²) in [6.07, 6.45) is 5.21. The largest absolute Gasteiger partial charge is 0.497 e. The van der Waals surface area contributed by atoms with Crippen LogP contribution in [-0.2, 0) is 29.0 Å². The minimum Gasteiger partial charge on any atom is -0.497 e. The number of ether oxygens (including phenoxy) is 3. The standard InChI is InChI=1S/C29H28N2O5S/c1-3-35-29(33)26-24-6-4-5-7-25(24)37-28(26)31-27(32)21(17-30)16-19-8-14-23(15-9-19)36-18-20-10-12-22(34-2)13-11-20/h8-16H,3-7,18H2,1-2H3,(H,31,32). The van der Waals surface area contributed by atoms with Crippen molar-refractivity contribution in [2.24, 2.45) is 0 Å². The van der Waals surface area contributed by atoms with Gasteiger partial charge in [-0.15, -0.1) is 11.3 Å². The van der Waals surface area contributed by atoms with E-state index in [1.165, 1.54) is 17.4 Å². The third-order valence-corrected chi connectivity index (χ3v) is 7.21. The smallest absolute Gasteiger partial charge is 0.341 e. The van der Waals surface area contributed by atoms with Gasteiger partial charge in [-0.05, 0) is 79.6 Å². The first-order valence-corrected chi connectivity index (χ1v) is 12.9. The number of rotatable bonds is 9. The molecule has 3 aromatic rings. The number of nitrogens with one attached hydrogen (secondary N) is 1. The van der Waals surface area contributed by atoms with E-state index in [0.717, 1.165) is 47.4 Å². The van der Waals surface area contributed by atoms with Crippen LogP contribution in [0.4, 0.5) is 5.00 Å². The number of nitriles is 1. The number of anilines is 1. The average molecular weight is 517 g/mol. The Morgan fingerprint density at radius 2 is 1.76 bits per heavy atom. The van der Waals surface area contributed by atoms with Gasteiger partial charge in [-0.25, -0.2) is 4.79 Å². The number of thiophene rings is 1. The second-order valence-corrected chi connectivity index (χ2v) is 9.57. The molecule has 0 radical (unpaired) electrons. The predicted molar refractivity (Wildman–Crippen MR) is 143 cm³/mol. The zero-order valence-electron chi connectivity index (χ0n) is 20.8. The third-order valence-electron chi connectivity index (χ3n) is 6.00. The van der Waals surface area contributed by atoms with E-state index in [1.807, 2.05) is 30.3 Å². The molecule has 7 nitrogen and oxygen atoms in total. The van der Waals surface area contributed by atoms with Gasteiger partial charge in [0.15, 0.2) is 0 Å². The maximum atomic E-state index is 13.0. The van der Waals surface area contributed by atoms with Gasteiger partial charge in [0.2, 0.25) is 0 Å². The van der Waals surface area contributed by atoms with Crippen LogP contribution in [0, 0.1) is 11.3 Å². The van der Waals surface area contributed by atoms with E-state index in [4.69, 9.17) is 14.2 Å². The van der Waals surface area contributed by atoms with E-state index in [1.54, 1.807) is 38.3 Å². The van der Waals surface area contributed by atoms with Gasteiger partial charge in [-0.2, -0.15) is 5.26 Å². The molecule has 37 heavy (non-hydrogen) atoms. The van der Waals surface area contributed by atoms with Crippen molar-refractivity contribution in [2.75, 3.05) is 19.0 Å². The maximum absolute atomic E-state index is 13.0. The van der Waals surface area contributed by atoms with Crippen LogP contribution in [0.15, 0.2) is 54.1 Å². The highest BCUT2D eigenvalue weighted by molar-refractivity contribution is 7.17. The van der Waals surface area contributed by atoms with Gasteiger partial charge in [0.1, 0.15) is 34.7 Å². The van der Waals surface area contributed by atoms with Crippen molar-refractivity contribution in [2.45, 2.75) is 39.2 Å². The topological polar surface area (TPSA) is 97.7 Å². The number of amides is 1. The molecular formula is C29H28N2O5S. The van der Waals surface area contributed by atoms with Gasteiger partial charge in [-0.1, -0.05) is 24.3 Å². The molecule has 0 unspecified atom stereocenters. The summed E-state index contributed by atoms with van der Waals surface area (Å²) in [5.74, 6) is 0.448. The van der Waals surface area contributed by atoms with Crippen molar-refractivity contribution in [1.29, 1.82) is 5.26 Å². The van der Waals surface area contributed by atoms with Crippen molar-refractivity contribution in [3.05, 3.63) is 81.2 Å². The second-order valence-electron chi connectivity index (χ2n) is 8.47. The normalized spacial score (nSPS) is 12.7. The van der Waals surface area contributed by atoms with Gasteiger partial charge in [0.25, 0.3) is 5.91 Å². The van der Waals surface area contributed by atoms with E-state index in [9.17, 15) is 14.9 Å². The van der Waals surface area contributed by atoms with Crippen LogP contribution in [0.3, 0.4) is 0 Å². The van der Waals surface area contributed by atoms with E-state index in [0.29, 0.717) is 28.5 Å². The zero-order chi connectivity index (χ0) is 26.2. The van der Waals surface area contributed by atoms with Crippen molar-refractivity contribution < 1.29 is 23.8 Å². The number of fused-ring (bicyclic) bond motifs is 1. The van der Waals surface area contributed by atoms with Crippen molar-refractivity contribution in [3.8, 4) is 17.6 Å². The summed E-state index contributed by atoms with van der Waals surface area (Å²) in [6, 6.07) is 16.7. The van der Waals surface area contributed by atoms with E-state index in [2.05, 4.69) is 5.32 Å². The molecule has 0 aliphatic heterocycles. The summed E-state index contributed by atoms with van der Waals surface area (Å²) in [6.45, 7) is 2.40. The monoisotopic (exact) mass is 516 g/mol. The van der Waals surface area contributed by atoms with Crippen LogP contribution in [0.2, 0.25) is 0 Å². The molecule has 1 aromatic heterocycles. The highest BCUT2D eigenvalue weighted by Gasteiger charge is 2.27. The molecule has 1 amide bonds. The Morgan fingerprint density at radius 1 is 1.05 bits per heavy atom. The zero-order valence-corrected chi connectivity index (χ0v) is 21.7. The summed E-state index contributed by atoms with van der Waals surface area (Å²) in [4.78, 5) is 26.7. The summed E-state index contributed by atoms with van der Waals surface area (Å²) in [7, 11) is 1.62. The average Bonchev–Trinajstić information content (AvgIpc) is 3.29. The molecule has 2 aromatic carbocycles. The van der Waals surface area contributed by atoms with Gasteiger partial charge < -0.3 is 19.5 Å². The fourth-order valence-electron chi connectivity index (χ4n) is 4.11. The van der Waals surface area contributed by atoms with Gasteiger partial charge in [0, 0.05) is 4.88 Å². The number of benzene rings is 2. The molecule has 0 saturated carbocycles. The van der Waals surface area contributed by atoms with Gasteiger partial charge in [0.05, 0.1) is 19.3 Å². The maximum Gasteiger partial charge on any atom is 0.341 e. The first-order chi connectivity index (χ1) is 18.0. The molecule has 0 saturated heterocycles. The minimum absolute atomic E-state index is 0.0620. The Balaban J connectivity index is 1.45. The van der Waals surface area contributed by atoms with Crippen LogP contribution < -0.4 is 14.8 Å². The molecule has 0 atom stereocenters. The van der Waals surface area contributed by atoms with Gasteiger partial charge in [-0.3, -0.25) is 4.79 Å². The number of carbonyl (C=O) groups excluding carboxylic acids is 2. The summed E-state index contributed by atoms with van der Waals surface area (Å²) >= 11 is 1.39. The fraction of sp³-hybridized carbons (Fsp3) is 0.276. The Kier molecular flexibility index (Phi) is 8.60. The molecular weight excluding hydrogens is 488 g/mol. The minimum atomic E-state index is -0.563. The molecule has 0 spiro atoms. The molecule has 1 aliphatic carbocycles. The molecule has 1 aliphatic rings. The lowest BCUT2D eigenvalue weighted by molar-refractivity contribution is -0.112. The quantitative estimate of drug-likeness (QED) is 0.215. The first kappa shape index (κ1) is 26.0. The lowest BCUT2D eigenvalue weighted by Gasteiger charge is -2.12. The summed E-state index contributed by atoms with van der Waals surface area (Å²) in [5, 5.41) is 12.9. The number of nitrogens with zero attached hydrogens (tertiary/aromatic N) is 1. The molecule has 1 N–H and O–H groups in total. The lowest BCUT2D eigenvalue weighted by Crippen LogP contribution is -2.16. The number of esters is 1. The van der Waals surface area contributed by atoms with Crippen LogP contribution in [0.25, 0.3) is 6.08 Å². The van der Waals surface area contributed by atoms with Crippen molar-refractivity contribution in [3.63, 3.8) is 0 Å². The van der Waals surface area contributed by atoms with E-state index in [-0.39, 0.29) is 12.2 Å². The van der Waals surface area contributed by atoms with Crippen LogP contribution in [-0.4, -0.2) is 25.6 Å². The Labute approximate surface area is 220 Å². The first-order valence-electron chi connectivity index (χ1n) is 12.1. The number of hydrogen-bond acceptors (Lipinski definition) is 7. The van der Waals surface area contributed by atoms with Gasteiger partial charge >= 0.3 is 5.97 Å². The second kappa shape index (κ2) is 12.2. The van der Waals surface area contributed by atoms with Crippen LogP contribution in [0.1, 0.15) is 51.7 Å². The van der Waals surface area contributed by atoms with E-state index < -0.39 is 11.9 Å².